The minimum Gasteiger partial charge on any atom is -0.341 e. The molecule has 1 heterocycles. The van der Waals surface area contributed by atoms with Crippen molar-refractivity contribution >= 4 is 18.1 Å². The molecule has 0 saturated heterocycles. The summed E-state index contributed by atoms with van der Waals surface area (Å²) >= 11 is 5.32. The quantitative estimate of drug-likeness (QED) is 0.857. The molecule has 0 aliphatic carbocycles. The summed E-state index contributed by atoms with van der Waals surface area (Å²) in [6, 6.07) is 8.14. The van der Waals surface area contributed by atoms with Gasteiger partial charge >= 0.3 is 0 Å². The van der Waals surface area contributed by atoms with E-state index in [2.05, 4.69) is 37.9 Å². The van der Waals surface area contributed by atoms with Crippen LogP contribution in [0.15, 0.2) is 24.3 Å². The smallest absolute Gasteiger partial charge is 0.242 e. The average molecular weight is 347 g/mol. The molecule has 1 N–H and O–H groups in total. The molecule has 1 aromatic carbocycles. The van der Waals surface area contributed by atoms with Crippen molar-refractivity contribution in [1.29, 1.82) is 0 Å². The molecule has 0 spiro atoms. The highest BCUT2D eigenvalue weighted by atomic mass is 32.1. The molecule has 24 heavy (non-hydrogen) atoms. The van der Waals surface area contributed by atoms with E-state index in [0.717, 1.165) is 5.56 Å². The van der Waals surface area contributed by atoms with Crippen LogP contribution in [-0.4, -0.2) is 38.7 Å². The number of hydrogen-bond donors (Lipinski definition) is 1. The summed E-state index contributed by atoms with van der Waals surface area (Å²) in [5.74, 6) is 0.702. The molecule has 0 fully saturated rings. The summed E-state index contributed by atoms with van der Waals surface area (Å²) in [4.78, 5) is 14.5. The lowest BCUT2D eigenvalue weighted by molar-refractivity contribution is -0.134. The van der Waals surface area contributed by atoms with E-state index in [1.807, 2.05) is 38.2 Å². The molecule has 0 saturated carbocycles. The number of nitrogens with zero attached hydrogens (tertiary/aromatic N) is 3. The fourth-order valence-corrected chi connectivity index (χ4v) is 2.63. The van der Waals surface area contributed by atoms with Gasteiger partial charge in [-0.3, -0.25) is 14.5 Å². The van der Waals surface area contributed by atoms with Gasteiger partial charge in [-0.25, -0.2) is 0 Å². The number of amides is 1. The zero-order valence-corrected chi connectivity index (χ0v) is 16.1. The minimum absolute atomic E-state index is 0.0159. The van der Waals surface area contributed by atoms with Crippen LogP contribution < -0.4 is 0 Å². The fraction of sp³-hybridized carbons (Fsp3) is 0.500. The first-order valence-corrected chi connectivity index (χ1v) is 8.50. The van der Waals surface area contributed by atoms with E-state index in [-0.39, 0.29) is 23.9 Å². The maximum absolute atomic E-state index is 12.7. The van der Waals surface area contributed by atoms with Crippen molar-refractivity contribution in [3.05, 3.63) is 34.6 Å². The van der Waals surface area contributed by atoms with Crippen molar-refractivity contribution in [2.75, 3.05) is 7.05 Å². The van der Waals surface area contributed by atoms with Gasteiger partial charge in [-0.15, -0.1) is 0 Å². The molecule has 0 aliphatic rings. The van der Waals surface area contributed by atoms with Gasteiger partial charge < -0.3 is 4.90 Å². The van der Waals surface area contributed by atoms with E-state index in [0.29, 0.717) is 10.6 Å². The normalized spacial score (nSPS) is 12.9. The molecule has 1 aromatic heterocycles. The molecular formula is C18H26N4OS. The predicted octanol–water partition coefficient (Wildman–Crippen LogP) is 3.81. The largest absolute Gasteiger partial charge is 0.341 e. The first kappa shape index (κ1) is 18.4. The number of likely N-dealkylation sites (N-methyl/N-ethyl adjacent to an activating group) is 1. The molecule has 2 rings (SSSR count). The SMILES string of the molecule is Cc1ccc(-c2n[nH]c(=S)n2CC(=O)N(C)C(C)C(C)(C)C)cc1. The van der Waals surface area contributed by atoms with Gasteiger partial charge in [0.2, 0.25) is 5.91 Å². The van der Waals surface area contributed by atoms with E-state index in [1.165, 1.54) is 5.56 Å². The van der Waals surface area contributed by atoms with Gasteiger partial charge in [-0.2, -0.15) is 5.10 Å². The minimum atomic E-state index is 0.0159. The monoisotopic (exact) mass is 346 g/mol. The number of H-pyrrole nitrogens is 1. The molecule has 1 atom stereocenters. The van der Waals surface area contributed by atoms with Crippen molar-refractivity contribution in [3.8, 4) is 11.4 Å². The van der Waals surface area contributed by atoms with Crippen LogP contribution in [0.1, 0.15) is 33.3 Å². The Morgan fingerprint density at radius 3 is 2.46 bits per heavy atom. The maximum Gasteiger partial charge on any atom is 0.242 e. The van der Waals surface area contributed by atoms with Gasteiger partial charge in [0.1, 0.15) is 6.54 Å². The number of carbonyl (C=O) groups excluding carboxylic acids is 1. The maximum atomic E-state index is 12.7. The van der Waals surface area contributed by atoms with Crippen LogP contribution in [0.2, 0.25) is 0 Å². The fourth-order valence-electron chi connectivity index (χ4n) is 2.43. The Morgan fingerprint density at radius 2 is 1.92 bits per heavy atom. The van der Waals surface area contributed by atoms with Crippen LogP contribution in [0.5, 0.6) is 0 Å². The molecule has 130 valence electrons. The number of benzene rings is 1. The van der Waals surface area contributed by atoms with Crippen molar-refractivity contribution < 1.29 is 4.79 Å². The molecule has 5 nitrogen and oxygen atoms in total. The molecule has 1 amide bonds. The molecule has 2 aromatic rings. The number of aromatic amines is 1. The zero-order valence-electron chi connectivity index (χ0n) is 15.3. The predicted molar refractivity (Wildman–Crippen MR) is 99.3 cm³/mol. The van der Waals surface area contributed by atoms with Crippen LogP contribution in [0.25, 0.3) is 11.4 Å². The lowest BCUT2D eigenvalue weighted by Crippen LogP contribution is -2.44. The second-order valence-electron chi connectivity index (χ2n) is 7.35. The number of aromatic nitrogens is 3. The van der Waals surface area contributed by atoms with Crippen molar-refractivity contribution in [2.24, 2.45) is 5.41 Å². The molecule has 0 aliphatic heterocycles. The van der Waals surface area contributed by atoms with E-state index < -0.39 is 0 Å². The topological polar surface area (TPSA) is 53.9 Å². The van der Waals surface area contributed by atoms with Gasteiger partial charge in [0, 0.05) is 18.7 Å². The summed E-state index contributed by atoms with van der Waals surface area (Å²) < 4.78 is 2.21. The lowest BCUT2D eigenvalue weighted by atomic mass is 9.87. The Balaban J connectivity index is 2.27. The zero-order chi connectivity index (χ0) is 18.1. The number of hydrogen-bond acceptors (Lipinski definition) is 3. The Morgan fingerprint density at radius 1 is 1.33 bits per heavy atom. The lowest BCUT2D eigenvalue weighted by Gasteiger charge is -2.35. The average Bonchev–Trinajstić information content (AvgIpc) is 2.87. The number of nitrogens with one attached hydrogen (secondary N) is 1. The standard InChI is InChI=1S/C18H26N4OS/c1-12-7-9-14(10-8-12)16-19-20-17(24)22(16)11-15(23)21(6)13(2)18(3,4)5/h7-10,13H,11H2,1-6H3,(H,20,24). The second-order valence-corrected chi connectivity index (χ2v) is 7.74. The Labute approximate surface area is 148 Å². The number of aryl methyl sites for hydroxylation is 1. The third-order valence-corrected chi connectivity index (χ3v) is 4.90. The highest BCUT2D eigenvalue weighted by Crippen LogP contribution is 2.24. The number of carbonyl (C=O) groups is 1. The van der Waals surface area contributed by atoms with E-state index >= 15 is 0 Å². The number of rotatable bonds is 4. The Bertz CT molecular complexity index is 768. The van der Waals surface area contributed by atoms with Crippen LogP contribution in [0.4, 0.5) is 0 Å². The van der Waals surface area contributed by atoms with Crippen LogP contribution in [-0.2, 0) is 11.3 Å². The molecular weight excluding hydrogens is 320 g/mol. The third-order valence-electron chi connectivity index (χ3n) is 4.59. The van der Waals surface area contributed by atoms with Gasteiger partial charge in [-0.1, -0.05) is 50.6 Å². The van der Waals surface area contributed by atoms with Crippen LogP contribution in [0.3, 0.4) is 0 Å². The Hall–Kier alpha value is -1.95. The molecule has 1 unspecified atom stereocenters. The first-order valence-electron chi connectivity index (χ1n) is 8.09. The summed E-state index contributed by atoms with van der Waals surface area (Å²) in [7, 11) is 1.84. The van der Waals surface area contributed by atoms with Gasteiger partial charge in [-0.05, 0) is 31.5 Å². The highest BCUT2D eigenvalue weighted by molar-refractivity contribution is 7.71. The molecule has 0 bridgehead atoms. The summed E-state index contributed by atoms with van der Waals surface area (Å²) in [6.07, 6.45) is 0. The first-order chi connectivity index (χ1) is 11.1. The third kappa shape index (κ3) is 3.93. The summed E-state index contributed by atoms with van der Waals surface area (Å²) in [5.41, 5.74) is 2.13. The van der Waals surface area contributed by atoms with E-state index in [1.54, 1.807) is 9.47 Å². The van der Waals surface area contributed by atoms with Crippen LogP contribution in [0, 0.1) is 17.1 Å². The van der Waals surface area contributed by atoms with Crippen molar-refractivity contribution in [2.45, 2.75) is 47.2 Å². The van der Waals surface area contributed by atoms with Crippen LogP contribution >= 0.6 is 12.2 Å². The highest BCUT2D eigenvalue weighted by Gasteiger charge is 2.27. The van der Waals surface area contributed by atoms with Gasteiger partial charge in [0.15, 0.2) is 10.6 Å². The molecule has 0 radical (unpaired) electrons. The van der Waals surface area contributed by atoms with Crippen molar-refractivity contribution in [1.82, 2.24) is 19.7 Å². The van der Waals surface area contributed by atoms with Crippen molar-refractivity contribution in [3.63, 3.8) is 0 Å². The Kier molecular flexibility index (Phi) is 5.28. The summed E-state index contributed by atoms with van der Waals surface area (Å²) in [5, 5.41) is 7.10. The molecule has 6 heteroatoms. The second kappa shape index (κ2) is 6.89. The summed E-state index contributed by atoms with van der Waals surface area (Å²) in [6.45, 7) is 10.7. The van der Waals surface area contributed by atoms with E-state index in [9.17, 15) is 4.79 Å². The van der Waals surface area contributed by atoms with E-state index in [4.69, 9.17) is 12.2 Å². The van der Waals surface area contributed by atoms with Gasteiger partial charge in [0.25, 0.3) is 0 Å². The van der Waals surface area contributed by atoms with Gasteiger partial charge in [0.05, 0.1) is 0 Å².